The number of carbonyl (C=O) groups excluding carboxylic acids is 1. The van der Waals surface area contributed by atoms with Crippen molar-refractivity contribution in [3.8, 4) is 11.6 Å². The van der Waals surface area contributed by atoms with Gasteiger partial charge in [0.05, 0.1) is 12.8 Å². The van der Waals surface area contributed by atoms with Crippen LogP contribution in [0.3, 0.4) is 0 Å². The lowest BCUT2D eigenvalue weighted by Crippen LogP contribution is -2.40. The number of nitrogens with one attached hydrogen (secondary N) is 1. The third-order valence-electron chi connectivity index (χ3n) is 5.70. The summed E-state index contributed by atoms with van der Waals surface area (Å²) in [5.74, 6) is 2.43. The predicted octanol–water partition coefficient (Wildman–Crippen LogP) is 2.82. The van der Waals surface area contributed by atoms with E-state index in [-0.39, 0.29) is 11.8 Å². The second-order valence-electron chi connectivity index (χ2n) is 7.88. The van der Waals surface area contributed by atoms with Crippen LogP contribution in [0.15, 0.2) is 42.5 Å². The molecule has 0 aliphatic carbocycles. The summed E-state index contributed by atoms with van der Waals surface area (Å²) in [5, 5.41) is 16.3. The Kier molecular flexibility index (Phi) is 6.16. The highest BCUT2D eigenvalue weighted by molar-refractivity contribution is 5.79. The largest absolute Gasteiger partial charge is 0.496 e. The van der Waals surface area contributed by atoms with E-state index in [0.717, 1.165) is 54.4 Å². The molecule has 0 spiro atoms. The molecule has 31 heavy (non-hydrogen) atoms. The van der Waals surface area contributed by atoms with Crippen molar-refractivity contribution in [3.63, 3.8) is 0 Å². The summed E-state index contributed by atoms with van der Waals surface area (Å²) in [6.07, 6.45) is 1.58. The van der Waals surface area contributed by atoms with Crippen molar-refractivity contribution in [2.24, 2.45) is 5.92 Å². The average Bonchev–Trinajstić information content (AvgIpc) is 3.15. The van der Waals surface area contributed by atoms with Crippen molar-refractivity contribution < 1.29 is 9.53 Å². The van der Waals surface area contributed by atoms with Gasteiger partial charge in [-0.25, -0.2) is 4.68 Å². The highest BCUT2D eigenvalue weighted by Crippen LogP contribution is 2.23. The first kappa shape index (κ1) is 20.8. The van der Waals surface area contributed by atoms with E-state index >= 15 is 0 Å². The summed E-state index contributed by atoms with van der Waals surface area (Å²) in [6.45, 7) is 5.99. The van der Waals surface area contributed by atoms with E-state index in [1.54, 1.807) is 11.8 Å². The van der Waals surface area contributed by atoms with Crippen LogP contribution in [-0.4, -0.2) is 46.1 Å². The molecule has 1 fully saturated rings. The number of piperidine rings is 1. The average molecular weight is 421 g/mol. The van der Waals surface area contributed by atoms with Crippen molar-refractivity contribution in [1.29, 1.82) is 0 Å². The minimum Gasteiger partial charge on any atom is -0.496 e. The summed E-state index contributed by atoms with van der Waals surface area (Å²) in [7, 11) is 1.64. The van der Waals surface area contributed by atoms with Gasteiger partial charge in [-0.2, -0.15) is 5.10 Å². The number of aromatic nitrogens is 4. The molecule has 0 unspecified atom stereocenters. The summed E-state index contributed by atoms with van der Waals surface area (Å²) in [5.41, 5.74) is 2.96. The Bertz CT molecular complexity index is 1040. The summed E-state index contributed by atoms with van der Waals surface area (Å²) >= 11 is 0. The number of aryl methyl sites for hydroxylation is 2. The van der Waals surface area contributed by atoms with Crippen molar-refractivity contribution in [2.75, 3.05) is 25.1 Å². The van der Waals surface area contributed by atoms with Gasteiger partial charge in [0.2, 0.25) is 5.91 Å². The molecular formula is C23H28N6O2. The number of ether oxygens (including phenoxy) is 1. The molecule has 2 aromatic heterocycles. The van der Waals surface area contributed by atoms with E-state index in [4.69, 9.17) is 4.74 Å². The third kappa shape index (κ3) is 4.68. The van der Waals surface area contributed by atoms with E-state index in [1.807, 2.05) is 56.3 Å². The lowest BCUT2D eigenvalue weighted by atomic mass is 9.96. The fraction of sp³-hybridized carbons (Fsp3) is 0.391. The van der Waals surface area contributed by atoms with Crippen LogP contribution in [0.5, 0.6) is 5.75 Å². The molecule has 0 saturated carbocycles. The van der Waals surface area contributed by atoms with E-state index in [9.17, 15) is 4.79 Å². The molecule has 1 saturated heterocycles. The van der Waals surface area contributed by atoms with Gasteiger partial charge in [0.25, 0.3) is 0 Å². The highest BCUT2D eigenvalue weighted by atomic mass is 16.5. The van der Waals surface area contributed by atoms with Crippen molar-refractivity contribution in [1.82, 2.24) is 25.3 Å². The molecule has 0 bridgehead atoms. The number of nitrogens with zero attached hydrogens (tertiary/aromatic N) is 5. The van der Waals surface area contributed by atoms with Crippen molar-refractivity contribution in [3.05, 3.63) is 59.4 Å². The third-order valence-corrected chi connectivity index (χ3v) is 5.70. The maximum absolute atomic E-state index is 12.6. The number of anilines is 1. The molecule has 1 aliphatic heterocycles. The number of hydrogen-bond acceptors (Lipinski definition) is 6. The molecule has 3 aromatic rings. The number of para-hydroxylation sites is 1. The highest BCUT2D eigenvalue weighted by Gasteiger charge is 2.26. The molecule has 1 aromatic carbocycles. The molecule has 0 atom stereocenters. The van der Waals surface area contributed by atoms with Gasteiger partial charge in [0, 0.05) is 36.8 Å². The Hall–Kier alpha value is -3.42. The molecule has 162 valence electrons. The zero-order valence-corrected chi connectivity index (χ0v) is 18.2. The number of hydrogen-bond donors (Lipinski definition) is 1. The van der Waals surface area contributed by atoms with E-state index in [2.05, 4.69) is 25.5 Å². The number of carbonyl (C=O) groups is 1. The molecule has 8 nitrogen and oxygen atoms in total. The molecule has 3 heterocycles. The Morgan fingerprint density at radius 1 is 1.10 bits per heavy atom. The minimum absolute atomic E-state index is 0.00730. The zero-order chi connectivity index (χ0) is 21.8. The minimum atomic E-state index is 0.00730. The smallest absolute Gasteiger partial charge is 0.223 e. The molecular weight excluding hydrogens is 392 g/mol. The molecule has 1 N–H and O–H groups in total. The summed E-state index contributed by atoms with van der Waals surface area (Å²) in [4.78, 5) is 14.8. The zero-order valence-electron chi connectivity index (χ0n) is 18.2. The Balaban J connectivity index is 1.31. The normalized spacial score (nSPS) is 14.5. The number of rotatable bonds is 6. The molecule has 1 aliphatic rings. The fourth-order valence-corrected chi connectivity index (χ4v) is 4.01. The number of amides is 1. The van der Waals surface area contributed by atoms with Crippen LogP contribution in [-0.2, 0) is 11.3 Å². The van der Waals surface area contributed by atoms with Crippen LogP contribution in [0, 0.1) is 19.8 Å². The van der Waals surface area contributed by atoms with Gasteiger partial charge in [-0.05, 0) is 51.0 Å². The van der Waals surface area contributed by atoms with E-state index in [0.29, 0.717) is 12.4 Å². The van der Waals surface area contributed by atoms with Gasteiger partial charge < -0.3 is 15.0 Å². The Labute approximate surface area is 182 Å². The van der Waals surface area contributed by atoms with Gasteiger partial charge in [0.15, 0.2) is 11.6 Å². The van der Waals surface area contributed by atoms with E-state index in [1.165, 1.54) is 0 Å². The van der Waals surface area contributed by atoms with Crippen LogP contribution in [0.25, 0.3) is 5.82 Å². The first-order valence-corrected chi connectivity index (χ1v) is 10.6. The van der Waals surface area contributed by atoms with Gasteiger partial charge in [-0.3, -0.25) is 4.79 Å². The topological polar surface area (TPSA) is 85.2 Å². The maximum atomic E-state index is 12.6. The van der Waals surface area contributed by atoms with Crippen molar-refractivity contribution >= 4 is 11.7 Å². The first-order chi connectivity index (χ1) is 15.0. The Morgan fingerprint density at radius 2 is 1.81 bits per heavy atom. The summed E-state index contributed by atoms with van der Waals surface area (Å²) in [6, 6.07) is 13.7. The quantitative estimate of drug-likeness (QED) is 0.660. The van der Waals surface area contributed by atoms with Gasteiger partial charge in [-0.15, -0.1) is 10.2 Å². The first-order valence-electron chi connectivity index (χ1n) is 10.6. The van der Waals surface area contributed by atoms with Crippen molar-refractivity contribution in [2.45, 2.75) is 33.2 Å². The fourth-order valence-electron chi connectivity index (χ4n) is 4.01. The van der Waals surface area contributed by atoms with Gasteiger partial charge >= 0.3 is 0 Å². The number of methoxy groups -OCH3 is 1. The SMILES string of the molecule is COc1ccccc1CNC(=O)C1CCN(c2ccc(-n3nc(C)cc3C)nn2)CC1. The van der Waals surface area contributed by atoms with Crippen LogP contribution < -0.4 is 15.0 Å². The number of benzene rings is 1. The predicted molar refractivity (Wildman–Crippen MR) is 118 cm³/mol. The molecule has 1 amide bonds. The van der Waals surface area contributed by atoms with Crippen LogP contribution in [0.2, 0.25) is 0 Å². The monoisotopic (exact) mass is 420 g/mol. The van der Waals surface area contributed by atoms with Crippen LogP contribution in [0.1, 0.15) is 29.8 Å². The van der Waals surface area contributed by atoms with E-state index < -0.39 is 0 Å². The molecule has 8 heteroatoms. The molecule has 4 rings (SSSR count). The summed E-state index contributed by atoms with van der Waals surface area (Å²) < 4.78 is 7.15. The second-order valence-corrected chi connectivity index (χ2v) is 7.88. The second kappa shape index (κ2) is 9.16. The Morgan fingerprint density at radius 3 is 2.45 bits per heavy atom. The van der Waals surface area contributed by atoms with Gasteiger partial charge in [-0.1, -0.05) is 18.2 Å². The lowest BCUT2D eigenvalue weighted by Gasteiger charge is -2.31. The van der Waals surface area contributed by atoms with Crippen LogP contribution in [0.4, 0.5) is 5.82 Å². The maximum Gasteiger partial charge on any atom is 0.223 e. The van der Waals surface area contributed by atoms with Gasteiger partial charge in [0.1, 0.15) is 5.75 Å². The lowest BCUT2D eigenvalue weighted by molar-refractivity contribution is -0.125. The standard InChI is InChI=1S/C23H28N6O2/c1-16-14-17(2)29(27-16)22-9-8-21(25-26-22)28-12-10-18(11-13-28)23(30)24-15-19-6-4-5-7-20(19)31-3/h4-9,14,18H,10-13,15H2,1-3H3,(H,24,30). The van der Waals surface area contributed by atoms with Crippen LogP contribution >= 0.6 is 0 Å². The molecule has 0 radical (unpaired) electrons.